The zero-order valence-electron chi connectivity index (χ0n) is 24.9. The van der Waals surface area contributed by atoms with E-state index in [2.05, 4.69) is 81.3 Å². The first kappa shape index (κ1) is 27.1. The number of imidazole rings is 1. The Hall–Kier alpha value is -3.72. The number of piperidine rings is 2. The van der Waals surface area contributed by atoms with Gasteiger partial charge in [-0.15, -0.1) is 0 Å². The summed E-state index contributed by atoms with van der Waals surface area (Å²) in [5.74, 6) is 1.38. The molecular formula is C33H41N7O2. The number of fused-ring (bicyclic) bond motifs is 3. The minimum atomic E-state index is -0.0524. The van der Waals surface area contributed by atoms with E-state index in [0.717, 1.165) is 37.1 Å². The molecule has 3 aliphatic heterocycles. The first-order valence-corrected chi connectivity index (χ1v) is 15.5. The first-order valence-electron chi connectivity index (χ1n) is 15.5. The second-order valence-electron chi connectivity index (χ2n) is 12.5. The number of hydrogen-bond acceptors (Lipinski definition) is 6. The third-order valence-corrected chi connectivity index (χ3v) is 10.4. The van der Waals surface area contributed by atoms with Gasteiger partial charge in [-0.3, -0.25) is 9.69 Å². The van der Waals surface area contributed by atoms with Crippen molar-refractivity contribution in [1.82, 2.24) is 34.3 Å². The highest BCUT2D eigenvalue weighted by molar-refractivity contribution is 5.94. The van der Waals surface area contributed by atoms with Crippen LogP contribution in [-0.2, 0) is 12.5 Å². The van der Waals surface area contributed by atoms with Crippen LogP contribution in [0.25, 0.3) is 11.0 Å². The molecule has 7 rings (SSSR count). The van der Waals surface area contributed by atoms with Gasteiger partial charge >= 0.3 is 0 Å². The van der Waals surface area contributed by atoms with Gasteiger partial charge < -0.3 is 14.2 Å². The number of carbonyl (C=O) groups excluding carboxylic acids is 1. The predicted molar refractivity (Wildman–Crippen MR) is 162 cm³/mol. The van der Waals surface area contributed by atoms with Gasteiger partial charge in [-0.1, -0.05) is 52.8 Å². The lowest BCUT2D eigenvalue weighted by molar-refractivity contribution is 0.0595. The normalized spacial score (nSPS) is 23.9. The molecule has 0 aliphatic carbocycles. The Bertz CT molecular complexity index is 1560. The quantitative estimate of drug-likeness (QED) is 0.316. The Balaban J connectivity index is 1.07. The average Bonchev–Trinajstić information content (AvgIpc) is 3.64. The molecule has 2 aromatic carbocycles. The smallest absolute Gasteiger partial charge is 0.277 e. The van der Waals surface area contributed by atoms with Crippen LogP contribution in [0.5, 0.6) is 5.88 Å². The van der Waals surface area contributed by atoms with E-state index < -0.39 is 0 Å². The van der Waals surface area contributed by atoms with Gasteiger partial charge in [0.1, 0.15) is 5.82 Å². The molecule has 5 heterocycles. The molecule has 1 amide bonds. The standard InChI is InChI=1S/C33H41N7O2/c1-23-34-28-11-7-8-12-29(28)40(23)27-21-25-13-14-26(22-27)39(25)20-17-33(24-9-5-4-6-10-24)15-18-38(19-16-33)32(41)30-31(42-3)35-36-37(30)2/h4-12,25-27H,13-22H2,1-3H3. The van der Waals surface area contributed by atoms with Crippen molar-refractivity contribution in [1.29, 1.82) is 0 Å². The number of aromatic nitrogens is 5. The number of likely N-dealkylation sites (tertiary alicyclic amines) is 1. The minimum absolute atomic E-state index is 0.0524. The summed E-state index contributed by atoms with van der Waals surface area (Å²) >= 11 is 0. The summed E-state index contributed by atoms with van der Waals surface area (Å²) in [6, 6.07) is 21.3. The second kappa shape index (κ2) is 10.8. The molecule has 3 fully saturated rings. The van der Waals surface area contributed by atoms with Crippen LogP contribution in [0, 0.1) is 6.92 Å². The van der Waals surface area contributed by atoms with E-state index in [4.69, 9.17) is 9.72 Å². The third-order valence-electron chi connectivity index (χ3n) is 10.4. The van der Waals surface area contributed by atoms with Crippen molar-refractivity contribution in [2.75, 3.05) is 26.7 Å². The number of hydrogen-bond donors (Lipinski definition) is 0. The molecule has 2 aromatic heterocycles. The van der Waals surface area contributed by atoms with Gasteiger partial charge in [-0.25, -0.2) is 9.67 Å². The van der Waals surface area contributed by atoms with Gasteiger partial charge in [0, 0.05) is 38.3 Å². The number of methoxy groups -OCH3 is 1. The number of rotatable bonds is 7. The molecule has 0 radical (unpaired) electrons. The summed E-state index contributed by atoms with van der Waals surface area (Å²) < 4.78 is 9.36. The number of nitrogens with zero attached hydrogens (tertiary/aromatic N) is 7. The monoisotopic (exact) mass is 567 g/mol. The maximum atomic E-state index is 13.5. The lowest BCUT2D eigenvalue weighted by atomic mass is 9.70. The van der Waals surface area contributed by atoms with Crippen LogP contribution >= 0.6 is 0 Å². The maximum absolute atomic E-state index is 13.5. The number of amides is 1. The molecule has 0 N–H and O–H groups in total. The van der Waals surface area contributed by atoms with Gasteiger partial charge in [0.15, 0.2) is 5.69 Å². The third kappa shape index (κ3) is 4.58. The first-order chi connectivity index (χ1) is 20.5. The second-order valence-corrected chi connectivity index (χ2v) is 12.5. The van der Waals surface area contributed by atoms with Crippen molar-refractivity contribution in [3.63, 3.8) is 0 Å². The molecule has 9 nitrogen and oxygen atoms in total. The fourth-order valence-corrected chi connectivity index (χ4v) is 8.26. The number of benzene rings is 2. The number of para-hydroxylation sites is 2. The van der Waals surface area contributed by atoms with E-state index in [-0.39, 0.29) is 11.3 Å². The van der Waals surface area contributed by atoms with Crippen LogP contribution in [0.4, 0.5) is 0 Å². The van der Waals surface area contributed by atoms with Gasteiger partial charge in [0.05, 0.1) is 18.1 Å². The van der Waals surface area contributed by atoms with E-state index in [1.165, 1.54) is 48.6 Å². The Morgan fingerprint density at radius 2 is 1.67 bits per heavy atom. The minimum Gasteiger partial charge on any atom is -0.478 e. The van der Waals surface area contributed by atoms with E-state index in [1.54, 1.807) is 7.05 Å². The molecule has 0 saturated carbocycles. The summed E-state index contributed by atoms with van der Waals surface area (Å²) in [6.45, 7) is 4.69. The molecule has 2 unspecified atom stereocenters. The summed E-state index contributed by atoms with van der Waals surface area (Å²) in [6.07, 6.45) is 7.96. The lowest BCUT2D eigenvalue weighted by Crippen LogP contribution is -2.49. The summed E-state index contributed by atoms with van der Waals surface area (Å²) in [5, 5.41) is 8.01. The molecule has 2 atom stereocenters. The Kier molecular flexibility index (Phi) is 7.00. The molecular weight excluding hydrogens is 526 g/mol. The number of aryl methyl sites for hydroxylation is 2. The molecule has 4 aromatic rings. The van der Waals surface area contributed by atoms with Gasteiger partial charge in [0.2, 0.25) is 0 Å². The van der Waals surface area contributed by atoms with E-state index in [0.29, 0.717) is 42.8 Å². The van der Waals surface area contributed by atoms with Crippen LogP contribution in [0.15, 0.2) is 54.6 Å². The Morgan fingerprint density at radius 1 is 0.976 bits per heavy atom. The van der Waals surface area contributed by atoms with E-state index >= 15 is 0 Å². The van der Waals surface area contributed by atoms with Gasteiger partial charge in [-0.2, -0.15) is 0 Å². The van der Waals surface area contributed by atoms with Crippen molar-refractivity contribution in [3.05, 3.63) is 71.7 Å². The fourth-order valence-electron chi connectivity index (χ4n) is 8.26. The van der Waals surface area contributed by atoms with Crippen molar-refractivity contribution in [3.8, 4) is 5.88 Å². The topological polar surface area (TPSA) is 81.3 Å². The molecule has 3 aliphatic rings. The SMILES string of the molecule is COc1nnn(C)c1C(=O)N1CCC(CCN2C3CCC2CC(n2c(C)nc4ccccc42)C3)(c2ccccc2)CC1. The molecule has 3 saturated heterocycles. The predicted octanol–water partition coefficient (Wildman–Crippen LogP) is 4.91. The fraction of sp³-hybridized carbons (Fsp3) is 0.515. The number of carbonyl (C=O) groups is 1. The van der Waals surface area contributed by atoms with E-state index in [1.807, 2.05) is 4.90 Å². The Labute approximate surface area is 247 Å². The molecule has 0 spiro atoms. The van der Waals surface area contributed by atoms with Crippen molar-refractivity contribution >= 4 is 16.9 Å². The van der Waals surface area contributed by atoms with Crippen molar-refractivity contribution < 1.29 is 9.53 Å². The summed E-state index contributed by atoms with van der Waals surface area (Å²) in [4.78, 5) is 23.1. The summed E-state index contributed by atoms with van der Waals surface area (Å²) in [7, 11) is 3.28. The lowest BCUT2D eigenvalue weighted by Gasteiger charge is -2.45. The van der Waals surface area contributed by atoms with Crippen LogP contribution < -0.4 is 4.74 Å². The van der Waals surface area contributed by atoms with Crippen LogP contribution in [0.1, 0.15) is 72.9 Å². The van der Waals surface area contributed by atoms with Crippen LogP contribution in [-0.4, -0.2) is 79.1 Å². The van der Waals surface area contributed by atoms with Gasteiger partial charge in [0.25, 0.3) is 11.8 Å². The van der Waals surface area contributed by atoms with Crippen LogP contribution in [0.3, 0.4) is 0 Å². The van der Waals surface area contributed by atoms with Gasteiger partial charge in [-0.05, 0) is 81.5 Å². The van der Waals surface area contributed by atoms with Crippen LogP contribution in [0.2, 0.25) is 0 Å². The number of ether oxygens (including phenoxy) is 1. The molecule has 2 bridgehead atoms. The highest BCUT2D eigenvalue weighted by Crippen LogP contribution is 2.45. The van der Waals surface area contributed by atoms with Crippen molar-refractivity contribution in [2.45, 2.75) is 75.4 Å². The largest absolute Gasteiger partial charge is 0.478 e. The molecule has 220 valence electrons. The molecule has 9 heteroatoms. The average molecular weight is 568 g/mol. The van der Waals surface area contributed by atoms with E-state index in [9.17, 15) is 4.79 Å². The highest BCUT2D eigenvalue weighted by Gasteiger charge is 2.44. The molecule has 42 heavy (non-hydrogen) atoms. The zero-order valence-corrected chi connectivity index (χ0v) is 24.9. The summed E-state index contributed by atoms with van der Waals surface area (Å²) in [5.41, 5.74) is 4.26. The zero-order chi connectivity index (χ0) is 28.8. The highest BCUT2D eigenvalue weighted by atomic mass is 16.5. The maximum Gasteiger partial charge on any atom is 0.277 e. The Morgan fingerprint density at radius 3 is 2.38 bits per heavy atom. The van der Waals surface area contributed by atoms with Crippen molar-refractivity contribution in [2.24, 2.45) is 7.05 Å².